The molecule has 1 unspecified atom stereocenters. The van der Waals surface area contributed by atoms with Crippen LogP contribution in [-0.2, 0) is 4.79 Å². The average Bonchev–Trinajstić information content (AvgIpc) is 2.00. The van der Waals surface area contributed by atoms with Crippen LogP contribution in [0.15, 0.2) is 0 Å². The van der Waals surface area contributed by atoms with Crippen molar-refractivity contribution in [2.24, 2.45) is 0 Å². The highest BCUT2D eigenvalue weighted by Gasteiger charge is 2.18. The Morgan fingerprint density at radius 2 is 2.36 bits per heavy atom. The van der Waals surface area contributed by atoms with Crippen molar-refractivity contribution in [1.82, 2.24) is 5.32 Å². The molecule has 0 radical (unpaired) electrons. The molecule has 1 amide bonds. The van der Waals surface area contributed by atoms with Crippen molar-refractivity contribution < 1.29 is 15.0 Å². The lowest BCUT2D eigenvalue weighted by atomic mass is 10.1. The van der Waals surface area contributed by atoms with Gasteiger partial charge in [-0.15, -0.1) is 6.42 Å². The van der Waals surface area contributed by atoms with Crippen LogP contribution in [0.2, 0.25) is 0 Å². The molecule has 0 heterocycles. The van der Waals surface area contributed by atoms with E-state index < -0.39 is 18.1 Å². The van der Waals surface area contributed by atoms with E-state index in [2.05, 4.69) is 5.32 Å². The zero-order valence-corrected chi connectivity index (χ0v) is 6.29. The van der Waals surface area contributed by atoms with Gasteiger partial charge in [0.05, 0.1) is 6.61 Å². The van der Waals surface area contributed by atoms with Crippen molar-refractivity contribution in [2.75, 3.05) is 13.2 Å². The summed E-state index contributed by atoms with van der Waals surface area (Å²) >= 11 is 0. The fourth-order valence-electron chi connectivity index (χ4n) is 0.378. The molecule has 0 bridgehead atoms. The van der Waals surface area contributed by atoms with E-state index in [9.17, 15) is 4.79 Å². The van der Waals surface area contributed by atoms with Crippen molar-refractivity contribution in [3.05, 3.63) is 0 Å². The van der Waals surface area contributed by atoms with E-state index in [4.69, 9.17) is 16.6 Å². The maximum atomic E-state index is 10.4. The lowest BCUT2D eigenvalue weighted by Gasteiger charge is -2.19. The number of amides is 1. The van der Waals surface area contributed by atoms with Gasteiger partial charge in [0.25, 0.3) is 5.91 Å². The number of carbonyl (C=O) groups excluding carboxylic acids is 1. The second-order valence-corrected chi connectivity index (χ2v) is 2.48. The monoisotopic (exact) mass is 157 g/mol. The minimum Gasteiger partial charge on any atom is -0.393 e. The Morgan fingerprint density at radius 3 is 2.73 bits per heavy atom. The van der Waals surface area contributed by atoms with Crippen molar-refractivity contribution in [3.8, 4) is 12.3 Å². The fourth-order valence-corrected chi connectivity index (χ4v) is 0.378. The van der Waals surface area contributed by atoms with E-state index in [0.717, 1.165) is 0 Å². The van der Waals surface area contributed by atoms with Crippen LogP contribution in [0.4, 0.5) is 0 Å². The Kier molecular flexibility index (Phi) is 3.58. The van der Waals surface area contributed by atoms with Crippen molar-refractivity contribution in [2.45, 2.75) is 12.5 Å². The van der Waals surface area contributed by atoms with Gasteiger partial charge in [-0.3, -0.25) is 4.79 Å². The Balaban J connectivity index is 3.72. The van der Waals surface area contributed by atoms with Crippen LogP contribution in [0.3, 0.4) is 0 Å². The standard InChI is InChI=1S/C7H11NO3/c1-3-6(10)8-4-7(2,11)5-9/h1,9,11H,4-5H2,2H3,(H,8,10). The summed E-state index contributed by atoms with van der Waals surface area (Å²) in [5.74, 6) is 1.22. The molecule has 0 aliphatic carbocycles. The Bertz CT molecular complexity index is 181. The minimum absolute atomic E-state index is 0.0491. The van der Waals surface area contributed by atoms with Crippen molar-refractivity contribution in [1.29, 1.82) is 0 Å². The summed E-state index contributed by atoms with van der Waals surface area (Å²) < 4.78 is 0. The SMILES string of the molecule is C#CC(=O)NCC(C)(O)CO. The number of hydrogen-bond donors (Lipinski definition) is 3. The molecule has 0 rings (SSSR count). The summed E-state index contributed by atoms with van der Waals surface area (Å²) in [7, 11) is 0. The minimum atomic E-state index is -1.30. The maximum Gasteiger partial charge on any atom is 0.295 e. The summed E-state index contributed by atoms with van der Waals surface area (Å²) in [5.41, 5.74) is -1.30. The molecule has 4 heteroatoms. The van der Waals surface area contributed by atoms with E-state index in [1.165, 1.54) is 6.92 Å². The van der Waals surface area contributed by atoms with E-state index in [0.29, 0.717) is 0 Å². The quantitative estimate of drug-likeness (QED) is 0.436. The highest BCUT2D eigenvalue weighted by Crippen LogP contribution is 1.97. The van der Waals surface area contributed by atoms with Gasteiger partial charge >= 0.3 is 0 Å². The number of aliphatic hydroxyl groups excluding tert-OH is 1. The Morgan fingerprint density at radius 1 is 1.82 bits per heavy atom. The normalized spacial score (nSPS) is 14.7. The number of terminal acetylenes is 1. The summed E-state index contributed by atoms with van der Waals surface area (Å²) in [6.45, 7) is 0.925. The van der Waals surface area contributed by atoms with E-state index in [-0.39, 0.29) is 6.54 Å². The van der Waals surface area contributed by atoms with Gasteiger partial charge < -0.3 is 15.5 Å². The number of carbonyl (C=O) groups is 1. The third-order valence-electron chi connectivity index (χ3n) is 1.10. The van der Waals surface area contributed by atoms with E-state index in [1.807, 2.05) is 5.92 Å². The lowest BCUT2D eigenvalue weighted by molar-refractivity contribution is -0.117. The van der Waals surface area contributed by atoms with Gasteiger partial charge in [-0.05, 0) is 12.8 Å². The zero-order chi connectivity index (χ0) is 8.91. The predicted molar refractivity (Wildman–Crippen MR) is 39.6 cm³/mol. The summed E-state index contributed by atoms with van der Waals surface area (Å²) in [6, 6.07) is 0. The highest BCUT2D eigenvalue weighted by atomic mass is 16.3. The summed E-state index contributed by atoms with van der Waals surface area (Å²) in [5, 5.41) is 19.9. The first-order chi connectivity index (χ1) is 5.02. The largest absolute Gasteiger partial charge is 0.393 e. The molecule has 4 nitrogen and oxygen atoms in total. The second-order valence-electron chi connectivity index (χ2n) is 2.48. The molecule has 3 N–H and O–H groups in total. The van der Waals surface area contributed by atoms with Crippen LogP contribution in [0, 0.1) is 12.3 Å². The van der Waals surface area contributed by atoms with Crippen LogP contribution in [0.5, 0.6) is 0 Å². The molecule has 0 spiro atoms. The molecule has 0 saturated carbocycles. The number of aliphatic hydroxyl groups is 2. The smallest absolute Gasteiger partial charge is 0.295 e. The molecule has 0 aliphatic heterocycles. The molecule has 62 valence electrons. The Hall–Kier alpha value is -1.05. The Labute approximate surface area is 65.2 Å². The third-order valence-corrected chi connectivity index (χ3v) is 1.10. The van der Waals surface area contributed by atoms with Crippen LogP contribution < -0.4 is 5.32 Å². The molecule has 0 saturated heterocycles. The first-order valence-corrected chi connectivity index (χ1v) is 3.09. The molecule has 0 aromatic rings. The van der Waals surface area contributed by atoms with Crippen molar-refractivity contribution >= 4 is 5.91 Å². The highest BCUT2D eigenvalue weighted by molar-refractivity contribution is 5.92. The van der Waals surface area contributed by atoms with Gasteiger partial charge in [-0.2, -0.15) is 0 Å². The summed E-state index contributed by atoms with van der Waals surface area (Å²) in [4.78, 5) is 10.4. The van der Waals surface area contributed by atoms with Crippen LogP contribution in [0.25, 0.3) is 0 Å². The van der Waals surface area contributed by atoms with Gasteiger partial charge in [-0.25, -0.2) is 0 Å². The summed E-state index contributed by atoms with van der Waals surface area (Å²) in [6.07, 6.45) is 4.74. The lowest BCUT2D eigenvalue weighted by Crippen LogP contribution is -2.42. The van der Waals surface area contributed by atoms with Crippen LogP contribution in [-0.4, -0.2) is 34.9 Å². The molecule has 0 aromatic carbocycles. The average molecular weight is 157 g/mol. The molecular formula is C7H11NO3. The van der Waals surface area contributed by atoms with Gasteiger partial charge in [0, 0.05) is 6.54 Å². The molecule has 0 aliphatic rings. The number of rotatable bonds is 3. The van der Waals surface area contributed by atoms with E-state index >= 15 is 0 Å². The molecule has 0 aromatic heterocycles. The number of nitrogens with one attached hydrogen (secondary N) is 1. The predicted octanol–water partition coefficient (Wildman–Crippen LogP) is -1.52. The first kappa shape index (κ1) is 9.95. The van der Waals surface area contributed by atoms with Crippen LogP contribution in [0.1, 0.15) is 6.92 Å². The molecule has 11 heavy (non-hydrogen) atoms. The van der Waals surface area contributed by atoms with Gasteiger partial charge in [0.1, 0.15) is 5.60 Å². The third kappa shape index (κ3) is 4.37. The van der Waals surface area contributed by atoms with Gasteiger partial charge in [-0.1, -0.05) is 0 Å². The van der Waals surface area contributed by atoms with E-state index in [1.54, 1.807) is 0 Å². The van der Waals surface area contributed by atoms with Gasteiger partial charge in [0.15, 0.2) is 0 Å². The maximum absolute atomic E-state index is 10.4. The van der Waals surface area contributed by atoms with Gasteiger partial charge in [0.2, 0.25) is 0 Å². The van der Waals surface area contributed by atoms with Crippen molar-refractivity contribution in [3.63, 3.8) is 0 Å². The zero-order valence-electron chi connectivity index (χ0n) is 6.29. The fraction of sp³-hybridized carbons (Fsp3) is 0.571. The molecular weight excluding hydrogens is 146 g/mol. The second kappa shape index (κ2) is 3.96. The number of hydrogen-bond acceptors (Lipinski definition) is 3. The molecule has 0 fully saturated rings. The first-order valence-electron chi connectivity index (χ1n) is 3.09. The van der Waals surface area contributed by atoms with Crippen LogP contribution >= 0.6 is 0 Å². The topological polar surface area (TPSA) is 69.6 Å². The molecule has 1 atom stereocenters.